The average molecular weight is 255 g/mol. The van der Waals surface area contributed by atoms with E-state index in [2.05, 4.69) is 23.8 Å². The molecular formula is C13H19ClN2O. The van der Waals surface area contributed by atoms with Crippen molar-refractivity contribution in [3.05, 3.63) is 28.8 Å². The van der Waals surface area contributed by atoms with Crippen molar-refractivity contribution in [3.63, 3.8) is 0 Å². The Morgan fingerprint density at radius 3 is 2.82 bits per heavy atom. The van der Waals surface area contributed by atoms with Crippen LogP contribution in [0.4, 0.5) is 0 Å². The summed E-state index contributed by atoms with van der Waals surface area (Å²) in [6, 6.07) is 6.04. The van der Waals surface area contributed by atoms with E-state index in [-0.39, 0.29) is 5.75 Å². The van der Waals surface area contributed by atoms with E-state index in [0.717, 1.165) is 31.7 Å². The molecule has 0 amide bonds. The number of rotatable bonds is 2. The minimum absolute atomic E-state index is 0.155. The van der Waals surface area contributed by atoms with Crippen molar-refractivity contribution in [3.8, 4) is 5.75 Å². The SMILES string of the molecule is CC1CN(Cc2ccc(O)c(Cl)c2)CCN1C. The van der Waals surface area contributed by atoms with E-state index < -0.39 is 0 Å². The molecule has 0 aromatic heterocycles. The molecule has 1 heterocycles. The van der Waals surface area contributed by atoms with Crippen molar-refractivity contribution < 1.29 is 5.11 Å². The minimum atomic E-state index is 0.155. The Hall–Kier alpha value is -0.770. The third-order valence-corrected chi connectivity index (χ3v) is 3.76. The van der Waals surface area contributed by atoms with Gasteiger partial charge in [0.2, 0.25) is 0 Å². The lowest BCUT2D eigenvalue weighted by atomic mass is 10.1. The van der Waals surface area contributed by atoms with Crippen LogP contribution in [0, 0.1) is 0 Å². The van der Waals surface area contributed by atoms with E-state index in [4.69, 9.17) is 11.6 Å². The standard InChI is InChI=1S/C13H19ClN2O/c1-10-8-16(6-5-15(10)2)9-11-3-4-13(17)12(14)7-11/h3-4,7,10,17H,5-6,8-9H2,1-2H3. The van der Waals surface area contributed by atoms with Gasteiger partial charge in [0.25, 0.3) is 0 Å². The van der Waals surface area contributed by atoms with E-state index in [1.165, 1.54) is 0 Å². The third-order valence-electron chi connectivity index (χ3n) is 3.46. The van der Waals surface area contributed by atoms with E-state index in [9.17, 15) is 5.11 Å². The van der Waals surface area contributed by atoms with E-state index in [1.807, 2.05) is 12.1 Å². The lowest BCUT2D eigenvalue weighted by molar-refractivity contribution is 0.1000. The van der Waals surface area contributed by atoms with Gasteiger partial charge in [-0.05, 0) is 31.7 Å². The second-order valence-electron chi connectivity index (χ2n) is 4.85. The Bertz CT molecular complexity index is 397. The van der Waals surface area contributed by atoms with Crippen molar-refractivity contribution in [2.45, 2.75) is 19.5 Å². The maximum Gasteiger partial charge on any atom is 0.134 e. The van der Waals surface area contributed by atoms with Crippen molar-refractivity contribution in [2.75, 3.05) is 26.7 Å². The third kappa shape index (κ3) is 3.12. The zero-order chi connectivity index (χ0) is 12.4. The topological polar surface area (TPSA) is 26.7 Å². The molecule has 1 saturated heterocycles. The number of phenolic OH excluding ortho intramolecular Hbond substituents is 1. The summed E-state index contributed by atoms with van der Waals surface area (Å²) >= 11 is 5.91. The smallest absolute Gasteiger partial charge is 0.134 e. The molecule has 1 N–H and O–H groups in total. The van der Waals surface area contributed by atoms with Crippen LogP contribution in [0.2, 0.25) is 5.02 Å². The lowest BCUT2D eigenvalue weighted by Gasteiger charge is -2.37. The van der Waals surface area contributed by atoms with Crippen LogP contribution in [0.15, 0.2) is 18.2 Å². The molecule has 0 bridgehead atoms. The normalized spacial score (nSPS) is 22.9. The fraction of sp³-hybridized carbons (Fsp3) is 0.538. The molecular weight excluding hydrogens is 236 g/mol. The molecule has 1 atom stereocenters. The summed E-state index contributed by atoms with van der Waals surface area (Å²) in [5, 5.41) is 9.81. The second kappa shape index (κ2) is 5.25. The quantitative estimate of drug-likeness (QED) is 0.877. The molecule has 1 aliphatic heterocycles. The number of nitrogens with zero attached hydrogens (tertiary/aromatic N) is 2. The van der Waals surface area contributed by atoms with Crippen LogP contribution in [0.1, 0.15) is 12.5 Å². The number of hydrogen-bond acceptors (Lipinski definition) is 3. The molecule has 1 unspecified atom stereocenters. The summed E-state index contributed by atoms with van der Waals surface area (Å²) in [5.74, 6) is 0.155. The molecule has 4 heteroatoms. The van der Waals surface area contributed by atoms with Gasteiger partial charge in [-0.3, -0.25) is 4.90 Å². The summed E-state index contributed by atoms with van der Waals surface area (Å²) < 4.78 is 0. The number of phenols is 1. The van der Waals surface area contributed by atoms with Crippen molar-refractivity contribution in [1.29, 1.82) is 0 Å². The number of likely N-dealkylation sites (N-methyl/N-ethyl adjacent to an activating group) is 1. The van der Waals surface area contributed by atoms with E-state index in [1.54, 1.807) is 6.07 Å². The van der Waals surface area contributed by atoms with Gasteiger partial charge >= 0.3 is 0 Å². The number of aromatic hydroxyl groups is 1. The molecule has 0 saturated carbocycles. The van der Waals surface area contributed by atoms with Gasteiger partial charge in [0.1, 0.15) is 5.75 Å². The monoisotopic (exact) mass is 254 g/mol. The highest BCUT2D eigenvalue weighted by Gasteiger charge is 2.20. The fourth-order valence-electron chi connectivity index (χ4n) is 2.17. The van der Waals surface area contributed by atoms with Crippen molar-refractivity contribution in [2.24, 2.45) is 0 Å². The van der Waals surface area contributed by atoms with Gasteiger partial charge in [-0.25, -0.2) is 0 Å². The molecule has 1 aromatic rings. The Kier molecular flexibility index (Phi) is 3.92. The predicted molar refractivity (Wildman–Crippen MR) is 70.5 cm³/mol. The number of halogens is 1. The first kappa shape index (κ1) is 12.7. The minimum Gasteiger partial charge on any atom is -0.506 e. The van der Waals surface area contributed by atoms with Gasteiger partial charge < -0.3 is 10.0 Å². The highest BCUT2D eigenvalue weighted by molar-refractivity contribution is 6.32. The summed E-state index contributed by atoms with van der Waals surface area (Å²) in [6.45, 7) is 6.41. The number of benzene rings is 1. The van der Waals surface area contributed by atoms with Crippen LogP contribution in [-0.2, 0) is 6.54 Å². The van der Waals surface area contributed by atoms with E-state index in [0.29, 0.717) is 11.1 Å². The molecule has 3 nitrogen and oxygen atoms in total. The van der Waals surface area contributed by atoms with Crippen LogP contribution in [-0.4, -0.2) is 47.6 Å². The molecule has 94 valence electrons. The molecule has 1 aliphatic rings. The Labute approximate surface area is 108 Å². The van der Waals surface area contributed by atoms with Crippen molar-refractivity contribution in [1.82, 2.24) is 9.80 Å². The van der Waals surface area contributed by atoms with Crippen LogP contribution in [0.25, 0.3) is 0 Å². The highest BCUT2D eigenvalue weighted by atomic mass is 35.5. The second-order valence-corrected chi connectivity index (χ2v) is 5.26. The zero-order valence-electron chi connectivity index (χ0n) is 10.4. The Morgan fingerprint density at radius 2 is 2.18 bits per heavy atom. The van der Waals surface area contributed by atoms with Gasteiger partial charge in [-0.15, -0.1) is 0 Å². The van der Waals surface area contributed by atoms with Crippen LogP contribution >= 0.6 is 11.6 Å². The van der Waals surface area contributed by atoms with Crippen LogP contribution in [0.3, 0.4) is 0 Å². The molecule has 1 fully saturated rings. The number of hydrogen-bond donors (Lipinski definition) is 1. The van der Waals surface area contributed by atoms with Crippen LogP contribution < -0.4 is 0 Å². The summed E-state index contributed by atoms with van der Waals surface area (Å²) in [4.78, 5) is 4.80. The van der Waals surface area contributed by atoms with Gasteiger partial charge in [0, 0.05) is 32.2 Å². The molecule has 17 heavy (non-hydrogen) atoms. The predicted octanol–water partition coefficient (Wildman–Crippen LogP) is 2.18. The first-order chi connectivity index (χ1) is 8.06. The Morgan fingerprint density at radius 1 is 1.41 bits per heavy atom. The molecule has 1 aromatic carbocycles. The largest absolute Gasteiger partial charge is 0.506 e. The van der Waals surface area contributed by atoms with E-state index >= 15 is 0 Å². The molecule has 2 rings (SSSR count). The molecule has 0 radical (unpaired) electrons. The summed E-state index contributed by atoms with van der Waals surface area (Å²) in [6.07, 6.45) is 0. The van der Waals surface area contributed by atoms with Gasteiger partial charge in [0.05, 0.1) is 5.02 Å². The zero-order valence-corrected chi connectivity index (χ0v) is 11.1. The highest BCUT2D eigenvalue weighted by Crippen LogP contribution is 2.24. The summed E-state index contributed by atoms with van der Waals surface area (Å²) in [7, 11) is 2.17. The molecule has 0 spiro atoms. The lowest BCUT2D eigenvalue weighted by Crippen LogP contribution is -2.49. The maximum atomic E-state index is 9.37. The Balaban J connectivity index is 1.99. The average Bonchev–Trinajstić information content (AvgIpc) is 2.29. The number of piperazine rings is 1. The van der Waals surface area contributed by atoms with Crippen molar-refractivity contribution >= 4 is 11.6 Å². The first-order valence-electron chi connectivity index (χ1n) is 5.96. The maximum absolute atomic E-state index is 9.37. The summed E-state index contributed by atoms with van der Waals surface area (Å²) in [5.41, 5.74) is 1.16. The molecule has 0 aliphatic carbocycles. The fourth-order valence-corrected chi connectivity index (χ4v) is 2.38. The van der Waals surface area contributed by atoms with Gasteiger partial charge in [0.15, 0.2) is 0 Å². The van der Waals surface area contributed by atoms with Crippen LogP contribution in [0.5, 0.6) is 5.75 Å². The van der Waals surface area contributed by atoms with Gasteiger partial charge in [-0.2, -0.15) is 0 Å². The van der Waals surface area contributed by atoms with Gasteiger partial charge in [-0.1, -0.05) is 17.7 Å². The first-order valence-corrected chi connectivity index (χ1v) is 6.34.